The summed E-state index contributed by atoms with van der Waals surface area (Å²) in [5, 5.41) is 2.79. The molecule has 122 valence electrons. The summed E-state index contributed by atoms with van der Waals surface area (Å²) >= 11 is 5.77. The Morgan fingerprint density at radius 1 is 1.08 bits per heavy atom. The fraction of sp³-hybridized carbons (Fsp3) is 0.105. The Hall–Kier alpha value is -2.59. The van der Waals surface area contributed by atoms with Gasteiger partial charge in [-0.15, -0.1) is 0 Å². The molecular formula is C19H16ClFN2O. The standard InChI is InChI=1S/C19H16ClFN2O/c20-16-13-15(8-9-17(16)21)22-19(24)18(23-10-4-5-11-23)12-14-6-2-1-3-7-14/h1-11,13,18H,12H2,(H,22,24)/t18-/m1/s1. The first-order chi connectivity index (χ1) is 11.6. The van der Waals surface area contributed by atoms with Gasteiger partial charge in [0.05, 0.1) is 5.02 Å². The number of anilines is 1. The van der Waals surface area contributed by atoms with E-state index in [0.29, 0.717) is 12.1 Å². The molecule has 0 aliphatic rings. The van der Waals surface area contributed by atoms with Crippen LogP contribution in [0.4, 0.5) is 10.1 Å². The Morgan fingerprint density at radius 2 is 1.79 bits per heavy atom. The van der Waals surface area contributed by atoms with E-state index in [4.69, 9.17) is 11.6 Å². The van der Waals surface area contributed by atoms with Crippen LogP contribution in [0.15, 0.2) is 73.1 Å². The topological polar surface area (TPSA) is 34.0 Å². The zero-order valence-electron chi connectivity index (χ0n) is 12.8. The van der Waals surface area contributed by atoms with E-state index >= 15 is 0 Å². The number of amides is 1. The maximum absolute atomic E-state index is 13.3. The molecule has 0 fully saturated rings. The minimum atomic E-state index is -0.513. The van der Waals surface area contributed by atoms with E-state index in [1.807, 2.05) is 59.4 Å². The Kier molecular flexibility index (Phi) is 4.96. The fourth-order valence-corrected chi connectivity index (χ4v) is 2.71. The average Bonchev–Trinajstić information content (AvgIpc) is 3.11. The molecule has 1 atom stereocenters. The lowest BCUT2D eigenvalue weighted by molar-refractivity contribution is -0.119. The van der Waals surface area contributed by atoms with Gasteiger partial charge in [0.25, 0.3) is 0 Å². The van der Waals surface area contributed by atoms with E-state index in [9.17, 15) is 9.18 Å². The predicted molar refractivity (Wildman–Crippen MR) is 93.7 cm³/mol. The molecule has 3 rings (SSSR count). The van der Waals surface area contributed by atoms with Gasteiger partial charge in [-0.2, -0.15) is 0 Å². The zero-order chi connectivity index (χ0) is 16.9. The number of hydrogen-bond acceptors (Lipinski definition) is 1. The lowest BCUT2D eigenvalue weighted by Gasteiger charge is -2.19. The summed E-state index contributed by atoms with van der Waals surface area (Å²) in [7, 11) is 0. The van der Waals surface area contributed by atoms with Crippen LogP contribution in [0.2, 0.25) is 5.02 Å². The molecule has 24 heavy (non-hydrogen) atoms. The molecular weight excluding hydrogens is 327 g/mol. The third kappa shape index (κ3) is 3.84. The molecule has 1 aromatic heterocycles. The Morgan fingerprint density at radius 3 is 2.46 bits per heavy atom. The van der Waals surface area contributed by atoms with Gasteiger partial charge in [-0.05, 0) is 35.9 Å². The number of halogens is 2. The highest BCUT2D eigenvalue weighted by Gasteiger charge is 2.20. The molecule has 2 aromatic carbocycles. The molecule has 0 spiro atoms. The number of nitrogens with one attached hydrogen (secondary N) is 1. The van der Waals surface area contributed by atoms with Gasteiger partial charge in [0.2, 0.25) is 5.91 Å². The van der Waals surface area contributed by atoms with E-state index in [1.54, 1.807) is 0 Å². The van der Waals surface area contributed by atoms with Crippen LogP contribution < -0.4 is 5.32 Å². The monoisotopic (exact) mass is 342 g/mol. The van der Waals surface area contributed by atoms with Crippen LogP contribution in [0.3, 0.4) is 0 Å². The highest BCUT2D eigenvalue weighted by atomic mass is 35.5. The van der Waals surface area contributed by atoms with Gasteiger partial charge in [-0.3, -0.25) is 4.79 Å². The number of carbonyl (C=O) groups is 1. The highest BCUT2D eigenvalue weighted by molar-refractivity contribution is 6.31. The lowest BCUT2D eigenvalue weighted by atomic mass is 10.0. The first-order valence-electron chi connectivity index (χ1n) is 7.56. The van der Waals surface area contributed by atoms with Gasteiger partial charge in [0.15, 0.2) is 0 Å². The van der Waals surface area contributed by atoms with E-state index in [1.165, 1.54) is 18.2 Å². The Labute approximate surface area is 144 Å². The SMILES string of the molecule is O=C(Nc1ccc(F)c(Cl)c1)[C@@H](Cc1ccccc1)n1cccc1. The molecule has 0 aliphatic heterocycles. The number of aromatic nitrogens is 1. The van der Waals surface area contributed by atoms with E-state index in [2.05, 4.69) is 5.32 Å². The number of carbonyl (C=O) groups excluding carboxylic acids is 1. The van der Waals surface area contributed by atoms with Crippen molar-refractivity contribution < 1.29 is 9.18 Å². The minimum absolute atomic E-state index is 0.0200. The molecule has 0 aliphatic carbocycles. The van der Waals surface area contributed by atoms with Gasteiger partial charge in [-0.1, -0.05) is 41.9 Å². The Balaban J connectivity index is 1.82. The molecule has 3 nitrogen and oxygen atoms in total. The van der Waals surface area contributed by atoms with Crippen LogP contribution in [-0.2, 0) is 11.2 Å². The van der Waals surface area contributed by atoms with Crippen molar-refractivity contribution in [3.8, 4) is 0 Å². The van der Waals surface area contributed by atoms with Crippen LogP contribution >= 0.6 is 11.6 Å². The maximum Gasteiger partial charge on any atom is 0.247 e. The van der Waals surface area contributed by atoms with Crippen LogP contribution in [-0.4, -0.2) is 10.5 Å². The predicted octanol–water partition coefficient (Wildman–Crippen LogP) is 4.70. The quantitative estimate of drug-likeness (QED) is 0.716. The van der Waals surface area contributed by atoms with Gasteiger partial charge < -0.3 is 9.88 Å². The van der Waals surface area contributed by atoms with Crippen molar-refractivity contribution in [1.82, 2.24) is 4.57 Å². The second kappa shape index (κ2) is 7.32. The van der Waals surface area contributed by atoms with Crippen molar-refractivity contribution in [3.63, 3.8) is 0 Å². The summed E-state index contributed by atoms with van der Waals surface area (Å²) in [4.78, 5) is 12.7. The molecule has 1 heterocycles. The molecule has 0 saturated heterocycles. The normalized spacial score (nSPS) is 11.9. The summed E-state index contributed by atoms with van der Waals surface area (Å²) < 4.78 is 15.1. The maximum atomic E-state index is 13.3. The van der Waals surface area contributed by atoms with Crippen molar-refractivity contribution in [2.45, 2.75) is 12.5 Å². The third-order valence-electron chi connectivity index (χ3n) is 3.75. The number of nitrogens with zero attached hydrogens (tertiary/aromatic N) is 1. The van der Waals surface area contributed by atoms with Crippen molar-refractivity contribution >= 4 is 23.2 Å². The molecule has 1 N–H and O–H groups in total. The fourth-order valence-electron chi connectivity index (χ4n) is 2.53. The van der Waals surface area contributed by atoms with Crippen LogP contribution in [0, 0.1) is 5.82 Å². The van der Waals surface area contributed by atoms with Crippen molar-refractivity contribution in [2.75, 3.05) is 5.32 Å². The molecule has 1 amide bonds. The largest absolute Gasteiger partial charge is 0.342 e. The molecule has 0 bridgehead atoms. The van der Waals surface area contributed by atoms with Gasteiger partial charge >= 0.3 is 0 Å². The number of benzene rings is 2. The molecule has 3 aromatic rings. The summed E-state index contributed by atoms with van der Waals surface area (Å²) in [6, 6.07) is 17.3. The zero-order valence-corrected chi connectivity index (χ0v) is 13.6. The summed E-state index contributed by atoms with van der Waals surface area (Å²) in [5.74, 6) is -0.696. The van der Waals surface area contributed by atoms with Crippen molar-refractivity contribution in [2.24, 2.45) is 0 Å². The average molecular weight is 343 g/mol. The van der Waals surface area contributed by atoms with Gasteiger partial charge in [0, 0.05) is 24.5 Å². The number of rotatable bonds is 5. The molecule has 5 heteroatoms. The minimum Gasteiger partial charge on any atom is -0.342 e. The van der Waals surface area contributed by atoms with E-state index < -0.39 is 11.9 Å². The van der Waals surface area contributed by atoms with Crippen LogP contribution in [0.5, 0.6) is 0 Å². The second-order valence-corrected chi connectivity index (χ2v) is 5.86. The summed E-state index contributed by atoms with van der Waals surface area (Å²) in [6.07, 6.45) is 4.26. The van der Waals surface area contributed by atoms with Crippen molar-refractivity contribution in [3.05, 3.63) is 89.5 Å². The Bertz CT molecular complexity index is 819. The van der Waals surface area contributed by atoms with Crippen LogP contribution in [0.25, 0.3) is 0 Å². The molecule has 0 unspecified atom stereocenters. The first kappa shape index (κ1) is 16.3. The third-order valence-corrected chi connectivity index (χ3v) is 4.04. The van der Waals surface area contributed by atoms with Crippen molar-refractivity contribution in [1.29, 1.82) is 0 Å². The smallest absolute Gasteiger partial charge is 0.247 e. The lowest BCUT2D eigenvalue weighted by Crippen LogP contribution is -2.27. The molecule has 0 saturated carbocycles. The first-order valence-corrected chi connectivity index (χ1v) is 7.93. The molecule has 0 radical (unpaired) electrons. The van der Waals surface area contributed by atoms with Crippen LogP contribution in [0.1, 0.15) is 11.6 Å². The summed E-state index contributed by atoms with van der Waals surface area (Å²) in [5.41, 5.74) is 1.53. The summed E-state index contributed by atoms with van der Waals surface area (Å²) in [6.45, 7) is 0. The second-order valence-electron chi connectivity index (χ2n) is 5.45. The van der Waals surface area contributed by atoms with Gasteiger partial charge in [0.1, 0.15) is 11.9 Å². The van der Waals surface area contributed by atoms with Gasteiger partial charge in [-0.25, -0.2) is 4.39 Å². The van der Waals surface area contributed by atoms with E-state index in [0.717, 1.165) is 5.56 Å². The van der Waals surface area contributed by atoms with E-state index in [-0.39, 0.29) is 10.9 Å². The number of hydrogen-bond donors (Lipinski definition) is 1. The highest BCUT2D eigenvalue weighted by Crippen LogP contribution is 2.22.